The summed E-state index contributed by atoms with van der Waals surface area (Å²) in [4.78, 5) is 14.9. The van der Waals surface area contributed by atoms with Gasteiger partial charge in [-0.15, -0.1) is 0 Å². The molecule has 118 valence electrons. The second kappa shape index (κ2) is 5.83. The van der Waals surface area contributed by atoms with Gasteiger partial charge >= 0.3 is 13.1 Å². The summed E-state index contributed by atoms with van der Waals surface area (Å²) in [6.07, 6.45) is 2.92. The minimum atomic E-state index is -1.03. The van der Waals surface area contributed by atoms with Crippen molar-refractivity contribution >= 4 is 19.2 Å². The molecule has 1 aliphatic heterocycles. The van der Waals surface area contributed by atoms with Gasteiger partial charge < -0.3 is 19.5 Å². The molecule has 0 radical (unpaired) electrons. The number of carboxylic acids is 1. The fraction of sp³-hybridized carbons (Fsp3) is 0.467. The second-order valence-electron chi connectivity index (χ2n) is 6.24. The van der Waals surface area contributed by atoms with Crippen molar-refractivity contribution < 1.29 is 24.3 Å². The molecule has 1 aromatic rings. The summed E-state index contributed by atoms with van der Waals surface area (Å²) in [5.41, 5.74) is 0.190. The van der Waals surface area contributed by atoms with Gasteiger partial charge in [0.2, 0.25) is 0 Å². The molecule has 0 unspecified atom stereocenters. The topological polar surface area (TPSA) is 88.9 Å². The van der Waals surface area contributed by atoms with Gasteiger partial charge in [-0.25, -0.2) is 4.79 Å². The highest BCUT2D eigenvalue weighted by Crippen LogP contribution is 2.38. The fourth-order valence-electron chi connectivity index (χ4n) is 1.99. The smallest absolute Gasteiger partial charge is 0.478 e. The van der Waals surface area contributed by atoms with Crippen LogP contribution in [-0.4, -0.2) is 46.1 Å². The van der Waals surface area contributed by atoms with Gasteiger partial charge in [-0.1, -0.05) is 0 Å². The van der Waals surface area contributed by atoms with Crippen molar-refractivity contribution in [1.29, 1.82) is 0 Å². The molecule has 1 saturated heterocycles. The summed E-state index contributed by atoms with van der Waals surface area (Å²) in [5.74, 6) is -1.03. The van der Waals surface area contributed by atoms with E-state index in [-0.39, 0.29) is 12.2 Å². The van der Waals surface area contributed by atoms with Crippen molar-refractivity contribution in [1.82, 2.24) is 4.98 Å². The number of aromatic carboxylic acids is 1. The Morgan fingerprint density at radius 3 is 2.27 bits per heavy atom. The highest BCUT2D eigenvalue weighted by molar-refractivity contribution is 6.55. The molecule has 0 spiro atoms. The van der Waals surface area contributed by atoms with Gasteiger partial charge in [-0.2, -0.15) is 0 Å². The molecular weight excluding hydrogens is 285 g/mol. The van der Waals surface area contributed by atoms with E-state index in [2.05, 4.69) is 4.98 Å². The van der Waals surface area contributed by atoms with Crippen LogP contribution in [0.2, 0.25) is 0 Å². The van der Waals surface area contributed by atoms with Crippen LogP contribution in [0.15, 0.2) is 23.8 Å². The standard InChI is InChI=1S/C15H20BNO5/c1-14(2)15(3,4)22-16(21-14)11(9-18)7-12-6-5-10(8-17-12)13(19)20/h5-8,18H,9H2,1-4H3,(H,19,20). The fourth-order valence-corrected chi connectivity index (χ4v) is 1.99. The van der Waals surface area contributed by atoms with Crippen molar-refractivity contribution in [3.05, 3.63) is 35.1 Å². The number of pyridine rings is 1. The van der Waals surface area contributed by atoms with Gasteiger partial charge in [-0.05, 0) is 51.4 Å². The summed E-state index contributed by atoms with van der Waals surface area (Å²) >= 11 is 0. The van der Waals surface area contributed by atoms with E-state index in [4.69, 9.17) is 14.4 Å². The predicted molar refractivity (Wildman–Crippen MR) is 82.3 cm³/mol. The van der Waals surface area contributed by atoms with Gasteiger partial charge in [0.15, 0.2) is 0 Å². The maximum Gasteiger partial charge on any atom is 0.492 e. The Morgan fingerprint density at radius 2 is 1.86 bits per heavy atom. The lowest BCUT2D eigenvalue weighted by atomic mass is 9.78. The monoisotopic (exact) mass is 305 g/mol. The van der Waals surface area contributed by atoms with Gasteiger partial charge in [0.05, 0.1) is 29.1 Å². The van der Waals surface area contributed by atoms with Crippen molar-refractivity contribution in [2.24, 2.45) is 0 Å². The van der Waals surface area contributed by atoms with Crippen molar-refractivity contribution in [3.63, 3.8) is 0 Å². The largest absolute Gasteiger partial charge is 0.492 e. The zero-order valence-electron chi connectivity index (χ0n) is 13.2. The average molecular weight is 305 g/mol. The van der Waals surface area contributed by atoms with Crippen LogP contribution < -0.4 is 0 Å². The maximum atomic E-state index is 10.8. The molecule has 1 fully saturated rings. The molecule has 2 heterocycles. The summed E-state index contributed by atoms with van der Waals surface area (Å²) in [7, 11) is -0.657. The molecule has 0 atom stereocenters. The van der Waals surface area contributed by atoms with E-state index in [1.807, 2.05) is 27.7 Å². The number of aliphatic hydroxyl groups excluding tert-OH is 1. The van der Waals surface area contributed by atoms with Crippen LogP contribution >= 0.6 is 0 Å². The number of nitrogens with zero attached hydrogens (tertiary/aromatic N) is 1. The molecule has 2 N–H and O–H groups in total. The van der Waals surface area contributed by atoms with E-state index in [9.17, 15) is 9.90 Å². The Kier molecular flexibility index (Phi) is 4.42. The molecule has 1 aliphatic rings. The number of carbonyl (C=O) groups is 1. The van der Waals surface area contributed by atoms with Crippen molar-refractivity contribution in [3.8, 4) is 0 Å². The van der Waals surface area contributed by atoms with E-state index in [0.717, 1.165) is 0 Å². The van der Waals surface area contributed by atoms with Crippen LogP contribution in [0, 0.1) is 0 Å². The maximum absolute atomic E-state index is 10.8. The zero-order chi connectivity index (χ0) is 16.5. The van der Waals surface area contributed by atoms with Crippen LogP contribution in [-0.2, 0) is 9.31 Å². The van der Waals surface area contributed by atoms with Crippen LogP contribution in [0.4, 0.5) is 0 Å². The van der Waals surface area contributed by atoms with Crippen LogP contribution in [0.5, 0.6) is 0 Å². The number of aromatic nitrogens is 1. The summed E-state index contributed by atoms with van der Waals surface area (Å²) in [5, 5.41) is 18.4. The van der Waals surface area contributed by atoms with Crippen molar-refractivity contribution in [2.45, 2.75) is 38.9 Å². The Morgan fingerprint density at radius 1 is 1.27 bits per heavy atom. The minimum absolute atomic E-state index is 0.110. The van der Waals surface area contributed by atoms with E-state index >= 15 is 0 Å². The lowest BCUT2D eigenvalue weighted by Crippen LogP contribution is -2.41. The number of hydrogen-bond donors (Lipinski definition) is 2. The van der Waals surface area contributed by atoms with Crippen LogP contribution in [0.25, 0.3) is 6.08 Å². The first-order valence-corrected chi connectivity index (χ1v) is 7.02. The van der Waals surface area contributed by atoms with Gasteiger partial charge in [0.25, 0.3) is 0 Å². The number of rotatable bonds is 4. The first-order chi connectivity index (χ1) is 10.2. The average Bonchev–Trinajstić information content (AvgIpc) is 2.65. The van der Waals surface area contributed by atoms with Gasteiger partial charge in [0.1, 0.15) is 0 Å². The van der Waals surface area contributed by atoms with E-state index in [1.165, 1.54) is 12.3 Å². The second-order valence-corrected chi connectivity index (χ2v) is 6.24. The molecule has 2 rings (SSSR count). The summed E-state index contributed by atoms with van der Waals surface area (Å²) in [6.45, 7) is 7.49. The summed E-state index contributed by atoms with van der Waals surface area (Å²) < 4.78 is 11.8. The van der Waals surface area contributed by atoms with Crippen LogP contribution in [0.1, 0.15) is 43.7 Å². The normalized spacial score (nSPS) is 20.2. The van der Waals surface area contributed by atoms with Crippen molar-refractivity contribution in [2.75, 3.05) is 6.61 Å². The zero-order valence-corrected chi connectivity index (χ0v) is 13.2. The highest BCUT2D eigenvalue weighted by Gasteiger charge is 2.52. The van der Waals surface area contributed by atoms with E-state index in [1.54, 1.807) is 12.1 Å². The Balaban J connectivity index is 2.23. The number of aliphatic hydroxyl groups is 1. The van der Waals surface area contributed by atoms with Crippen LogP contribution in [0.3, 0.4) is 0 Å². The lowest BCUT2D eigenvalue weighted by molar-refractivity contribution is 0.00578. The quantitative estimate of drug-likeness (QED) is 0.824. The van der Waals surface area contributed by atoms with Gasteiger partial charge in [0, 0.05) is 6.20 Å². The SMILES string of the molecule is CC1(C)OB(C(=Cc2ccc(C(=O)O)cn2)CO)OC1(C)C. The first-order valence-electron chi connectivity index (χ1n) is 7.02. The molecule has 0 saturated carbocycles. The van der Waals surface area contributed by atoms with E-state index < -0.39 is 24.3 Å². The Bertz CT molecular complexity index is 578. The van der Waals surface area contributed by atoms with Gasteiger partial charge in [-0.3, -0.25) is 4.98 Å². The molecule has 1 aromatic heterocycles. The Hall–Kier alpha value is -1.70. The molecule has 22 heavy (non-hydrogen) atoms. The molecule has 6 nitrogen and oxygen atoms in total. The number of carboxylic acid groups (broad SMARTS) is 1. The molecule has 7 heteroatoms. The third-order valence-electron chi connectivity index (χ3n) is 4.11. The third kappa shape index (κ3) is 3.21. The predicted octanol–water partition coefficient (Wildman–Crippen LogP) is 1.79. The molecule has 0 aliphatic carbocycles. The molecule has 0 amide bonds. The molecule has 0 aromatic carbocycles. The summed E-state index contributed by atoms with van der Waals surface area (Å²) in [6, 6.07) is 3.03. The number of hydrogen-bond acceptors (Lipinski definition) is 5. The molecular formula is C15H20BNO5. The lowest BCUT2D eigenvalue weighted by Gasteiger charge is -2.32. The minimum Gasteiger partial charge on any atom is -0.478 e. The van der Waals surface area contributed by atoms with E-state index in [0.29, 0.717) is 11.2 Å². The third-order valence-corrected chi connectivity index (χ3v) is 4.11. The highest BCUT2D eigenvalue weighted by atomic mass is 16.7. The Labute approximate surface area is 129 Å². The molecule has 0 bridgehead atoms. The first kappa shape index (κ1) is 16.7.